The van der Waals surface area contributed by atoms with Gasteiger partial charge in [-0.15, -0.1) is 0 Å². The first-order chi connectivity index (χ1) is 9.47. The second-order valence-corrected chi connectivity index (χ2v) is 3.71. The highest BCUT2D eigenvalue weighted by molar-refractivity contribution is 7.64. The first-order valence-electron chi connectivity index (χ1n) is 5.38. The maximum atomic E-state index is 12.5. The van der Waals surface area contributed by atoms with Crippen molar-refractivity contribution >= 4 is 12.6 Å². The minimum atomic E-state index is -4.35. The quantitative estimate of drug-likeness (QED) is 0.603. The van der Waals surface area contributed by atoms with Crippen molar-refractivity contribution in [2.75, 3.05) is 0 Å². The summed E-state index contributed by atoms with van der Waals surface area (Å²) in [6.45, 7) is 0. The molecule has 0 aliphatic carbocycles. The van der Waals surface area contributed by atoms with Gasteiger partial charge in [0, 0.05) is 0 Å². The smallest absolute Gasteiger partial charge is 0.416 e. The number of halogens is 3. The number of thiocyanates is 1. The lowest BCUT2D eigenvalue weighted by Crippen LogP contribution is -2.04. The normalized spacial score (nSPS) is 9.90. The molecule has 0 heterocycles. The minimum Gasteiger partial charge on any atom is -0.696 e. The van der Waals surface area contributed by atoms with Crippen LogP contribution in [0.4, 0.5) is 13.2 Å². The van der Waals surface area contributed by atoms with Crippen LogP contribution in [0.1, 0.15) is 5.56 Å². The summed E-state index contributed by atoms with van der Waals surface area (Å²) in [7, 11) is 0. The molecule has 0 amide bonds. The van der Waals surface area contributed by atoms with Crippen molar-refractivity contribution in [1.82, 2.24) is 0 Å². The number of rotatable bonds is 2. The predicted molar refractivity (Wildman–Crippen MR) is 70.9 cm³/mol. The van der Waals surface area contributed by atoms with Gasteiger partial charge >= 0.3 is 6.18 Å². The zero-order valence-corrected chi connectivity index (χ0v) is 10.9. The summed E-state index contributed by atoms with van der Waals surface area (Å²) in [4.78, 5) is 0. The summed E-state index contributed by atoms with van der Waals surface area (Å²) >= 11 is 3.70. The van der Waals surface area contributed by atoms with Gasteiger partial charge in [0.1, 0.15) is 11.5 Å². The highest BCUT2D eigenvalue weighted by Gasteiger charge is 2.30. The van der Waals surface area contributed by atoms with Crippen LogP contribution < -0.4 is 4.74 Å². The van der Waals surface area contributed by atoms with Crippen LogP contribution in [0.25, 0.3) is 0 Å². The number of nitrogens with zero attached hydrogens (tertiary/aromatic N) is 1. The van der Waals surface area contributed by atoms with Crippen LogP contribution in [0.15, 0.2) is 54.6 Å². The molecule has 2 aromatic carbocycles. The molecule has 0 bridgehead atoms. The van der Waals surface area contributed by atoms with Crippen LogP contribution in [0.2, 0.25) is 0 Å². The fourth-order valence-corrected chi connectivity index (χ4v) is 1.36. The van der Waals surface area contributed by atoms with Gasteiger partial charge in [0.25, 0.3) is 0 Å². The average molecular weight is 296 g/mol. The highest BCUT2D eigenvalue weighted by Crippen LogP contribution is 2.32. The van der Waals surface area contributed by atoms with Gasteiger partial charge in [-0.1, -0.05) is 29.7 Å². The van der Waals surface area contributed by atoms with E-state index in [2.05, 4.69) is 12.6 Å². The molecule has 20 heavy (non-hydrogen) atoms. The Labute approximate surface area is 119 Å². The third-order valence-corrected chi connectivity index (χ3v) is 2.14. The summed E-state index contributed by atoms with van der Waals surface area (Å²) in [5, 5.41) is 8.47. The van der Waals surface area contributed by atoms with Crippen molar-refractivity contribution in [3.8, 4) is 16.9 Å². The van der Waals surface area contributed by atoms with Gasteiger partial charge in [0.05, 0.1) is 5.56 Å². The van der Waals surface area contributed by atoms with E-state index in [4.69, 9.17) is 10.00 Å². The summed E-state index contributed by atoms with van der Waals surface area (Å²) in [5.41, 5.74) is -0.717. The van der Waals surface area contributed by atoms with Crippen LogP contribution >= 0.6 is 0 Å². The molecule has 0 aliphatic rings. The summed E-state index contributed by atoms with van der Waals surface area (Å²) < 4.78 is 42.7. The predicted octanol–water partition coefficient (Wildman–Crippen LogP) is 4.51. The van der Waals surface area contributed by atoms with Crippen molar-refractivity contribution in [2.45, 2.75) is 6.18 Å². The molecule has 2 nitrogen and oxygen atoms in total. The van der Waals surface area contributed by atoms with E-state index < -0.39 is 11.7 Å². The molecule has 0 aliphatic heterocycles. The lowest BCUT2D eigenvalue weighted by Gasteiger charge is -2.09. The Hall–Kier alpha value is -2.26. The van der Waals surface area contributed by atoms with Gasteiger partial charge in [0.15, 0.2) is 0 Å². The number of ether oxygens (including phenoxy) is 1. The number of nitriles is 1. The highest BCUT2D eigenvalue weighted by atomic mass is 32.1. The minimum absolute atomic E-state index is 0.172. The van der Waals surface area contributed by atoms with Crippen LogP contribution in [-0.4, -0.2) is 0 Å². The van der Waals surface area contributed by atoms with Crippen molar-refractivity contribution in [3.05, 3.63) is 60.2 Å². The first kappa shape index (κ1) is 15.8. The van der Waals surface area contributed by atoms with Crippen LogP contribution in [0, 0.1) is 10.7 Å². The van der Waals surface area contributed by atoms with Crippen molar-refractivity contribution in [1.29, 1.82) is 5.26 Å². The summed E-state index contributed by atoms with van der Waals surface area (Å²) in [5.74, 6) is 0.679. The third-order valence-electron chi connectivity index (χ3n) is 2.14. The molecule has 0 fully saturated rings. The number of alkyl halides is 3. The van der Waals surface area contributed by atoms with E-state index >= 15 is 0 Å². The summed E-state index contributed by atoms with van der Waals surface area (Å²) in [6, 6.07) is 13.5. The molecular weight excluding hydrogens is 287 g/mol. The zero-order valence-electron chi connectivity index (χ0n) is 10.1. The molecule has 2 rings (SSSR count). The van der Waals surface area contributed by atoms with E-state index in [1.165, 1.54) is 17.5 Å². The number of hydrogen-bond acceptors (Lipinski definition) is 3. The molecule has 0 N–H and O–H groups in total. The monoisotopic (exact) mass is 296 g/mol. The van der Waals surface area contributed by atoms with Gasteiger partial charge in [0.2, 0.25) is 0 Å². The Morgan fingerprint density at radius 3 is 2.05 bits per heavy atom. The fourth-order valence-electron chi connectivity index (χ4n) is 1.36. The van der Waals surface area contributed by atoms with Crippen molar-refractivity contribution < 1.29 is 17.9 Å². The third kappa shape index (κ3) is 5.16. The molecule has 2 aromatic rings. The van der Waals surface area contributed by atoms with Crippen molar-refractivity contribution in [2.24, 2.45) is 0 Å². The number of hydrogen-bond donors (Lipinski definition) is 0. The van der Waals surface area contributed by atoms with Crippen LogP contribution in [0.5, 0.6) is 11.5 Å². The Balaban J connectivity index is 0.000000612. The van der Waals surface area contributed by atoms with E-state index in [1.807, 2.05) is 0 Å². The summed E-state index contributed by atoms with van der Waals surface area (Å²) in [6.07, 6.45) is -4.35. The van der Waals surface area contributed by atoms with Gasteiger partial charge in [-0.2, -0.15) is 13.2 Å². The second kappa shape index (κ2) is 7.36. The molecule has 6 heteroatoms. The van der Waals surface area contributed by atoms with E-state index in [-0.39, 0.29) is 5.75 Å². The molecular formula is C14H9F3NOS-. The van der Waals surface area contributed by atoms with Gasteiger partial charge in [-0.3, -0.25) is 0 Å². The van der Waals surface area contributed by atoms with E-state index in [9.17, 15) is 13.2 Å². The van der Waals surface area contributed by atoms with Gasteiger partial charge in [-0.05, 0) is 30.3 Å². The Bertz CT molecular complexity index is 579. The molecule has 0 atom stereocenters. The van der Waals surface area contributed by atoms with E-state index in [1.54, 1.807) is 30.3 Å². The lowest BCUT2D eigenvalue weighted by molar-refractivity contribution is -0.137. The second-order valence-electron chi connectivity index (χ2n) is 3.53. The van der Waals surface area contributed by atoms with Crippen LogP contribution in [0.3, 0.4) is 0 Å². The topological polar surface area (TPSA) is 33.0 Å². The molecule has 0 radical (unpaired) electrons. The van der Waals surface area contributed by atoms with Gasteiger partial charge in [-0.25, -0.2) is 5.26 Å². The van der Waals surface area contributed by atoms with Crippen LogP contribution in [-0.2, 0) is 18.8 Å². The standard InChI is InChI=1S/C13H9F3O.CHNS/c14-13(15,16)10-5-4-8-12(9-10)17-11-6-2-1-3-7-11;2-1-3/h1-9H;3H/p-1. The molecule has 0 spiro atoms. The molecule has 0 saturated heterocycles. The Morgan fingerprint density at radius 1 is 0.950 bits per heavy atom. The maximum absolute atomic E-state index is 12.5. The Morgan fingerprint density at radius 2 is 1.50 bits per heavy atom. The fraction of sp³-hybridized carbons (Fsp3) is 0.0714. The Kier molecular flexibility index (Phi) is 5.81. The zero-order chi connectivity index (χ0) is 15.0. The van der Waals surface area contributed by atoms with Gasteiger partial charge < -0.3 is 17.4 Å². The maximum Gasteiger partial charge on any atom is 0.416 e. The number of para-hydroxylation sites is 1. The molecule has 104 valence electrons. The van der Waals surface area contributed by atoms with E-state index in [0.29, 0.717) is 5.75 Å². The molecule has 0 saturated carbocycles. The SMILES string of the molecule is FC(F)(F)c1cccc(Oc2ccccc2)c1.N#C[S-]. The van der Waals surface area contributed by atoms with E-state index in [0.717, 1.165) is 12.1 Å². The molecule has 0 aromatic heterocycles. The first-order valence-corrected chi connectivity index (χ1v) is 5.79. The molecule has 0 unspecified atom stereocenters. The number of benzene rings is 2. The largest absolute Gasteiger partial charge is 0.696 e. The lowest BCUT2D eigenvalue weighted by atomic mass is 10.2. The average Bonchev–Trinajstić information content (AvgIpc) is 2.40. The van der Waals surface area contributed by atoms with Crippen molar-refractivity contribution in [3.63, 3.8) is 0 Å².